The SMILES string of the molecule is CC/C=C\C/C=C\C/C=C\C/C=C\C/C=C\C/C=C\C/C=C\C/C=C\C/C=C\C/C=C\C/C=C\C/C=C\CCCCCCC(=O)OC(COC(=O)CCCCCCCCCCCCCCCCC/C=C\C/C=C\CCCCCCC)COP(=O)([O-])OCC[N+](C)(C)C. The molecule has 0 rings (SSSR count). The summed E-state index contributed by atoms with van der Waals surface area (Å²) in [5, 5.41) is 0. The first kappa shape index (κ1) is 87.4. The molecule has 0 amide bonds. The number of rotatable bonds is 66. The van der Waals surface area contributed by atoms with Crippen LogP contribution in [-0.2, 0) is 32.7 Å². The summed E-state index contributed by atoms with van der Waals surface area (Å²) in [4.78, 5) is 38.1. The van der Waals surface area contributed by atoms with E-state index in [-0.39, 0.29) is 26.1 Å². The summed E-state index contributed by atoms with van der Waals surface area (Å²) in [6.45, 7) is 4.09. The Labute approximate surface area is 566 Å². The average Bonchev–Trinajstić information content (AvgIpc) is 2.23. The van der Waals surface area contributed by atoms with Crippen molar-refractivity contribution in [3.05, 3.63) is 170 Å². The van der Waals surface area contributed by atoms with Gasteiger partial charge in [0.25, 0.3) is 7.82 Å². The van der Waals surface area contributed by atoms with Crippen molar-refractivity contribution in [2.24, 2.45) is 0 Å². The van der Waals surface area contributed by atoms with Crippen molar-refractivity contribution in [2.45, 2.75) is 290 Å². The third-order valence-electron chi connectivity index (χ3n) is 15.2. The van der Waals surface area contributed by atoms with Gasteiger partial charge in [-0.1, -0.05) is 306 Å². The number of hydrogen-bond acceptors (Lipinski definition) is 8. The van der Waals surface area contributed by atoms with Gasteiger partial charge in [0.05, 0.1) is 27.7 Å². The Kier molecular flexibility index (Phi) is 67.1. The molecule has 92 heavy (non-hydrogen) atoms. The molecule has 0 aliphatic carbocycles. The predicted molar refractivity (Wildman–Crippen MR) is 396 cm³/mol. The summed E-state index contributed by atoms with van der Waals surface area (Å²) in [6, 6.07) is 0. The molecule has 0 N–H and O–H groups in total. The van der Waals surface area contributed by atoms with E-state index in [2.05, 4.69) is 184 Å². The van der Waals surface area contributed by atoms with Crippen molar-refractivity contribution in [2.75, 3.05) is 47.5 Å². The minimum atomic E-state index is -4.66. The molecule has 0 saturated carbocycles. The van der Waals surface area contributed by atoms with Gasteiger partial charge in [-0.2, -0.15) is 0 Å². The molecule has 0 bridgehead atoms. The molecule has 0 heterocycles. The van der Waals surface area contributed by atoms with Gasteiger partial charge in [0.15, 0.2) is 6.10 Å². The molecule has 0 aliphatic heterocycles. The summed E-state index contributed by atoms with van der Waals surface area (Å²) in [5.41, 5.74) is 0. The zero-order valence-electron chi connectivity index (χ0n) is 59.4. The molecule has 10 heteroatoms. The molecule has 2 unspecified atom stereocenters. The Morgan fingerprint density at radius 3 is 0.924 bits per heavy atom. The fraction of sp³-hybridized carbons (Fsp3) is 0.634. The van der Waals surface area contributed by atoms with Crippen LogP contribution in [0.25, 0.3) is 0 Å². The Morgan fingerprint density at radius 1 is 0.348 bits per heavy atom. The van der Waals surface area contributed by atoms with Crippen molar-refractivity contribution >= 4 is 19.8 Å². The molecule has 0 aromatic carbocycles. The van der Waals surface area contributed by atoms with Crippen LogP contribution in [-0.4, -0.2) is 70.0 Å². The molecule has 522 valence electrons. The lowest BCUT2D eigenvalue weighted by molar-refractivity contribution is -0.870. The highest BCUT2D eigenvalue weighted by atomic mass is 31.2. The maximum absolute atomic E-state index is 12.9. The number of ether oxygens (including phenoxy) is 2. The lowest BCUT2D eigenvalue weighted by Crippen LogP contribution is -2.37. The highest BCUT2D eigenvalue weighted by molar-refractivity contribution is 7.45. The zero-order valence-corrected chi connectivity index (χ0v) is 60.3. The summed E-state index contributed by atoms with van der Waals surface area (Å²) >= 11 is 0. The van der Waals surface area contributed by atoms with Gasteiger partial charge < -0.3 is 27.9 Å². The Bertz CT molecular complexity index is 2160. The van der Waals surface area contributed by atoms with E-state index in [1.165, 1.54) is 122 Å². The maximum Gasteiger partial charge on any atom is 0.306 e. The van der Waals surface area contributed by atoms with Gasteiger partial charge in [0.2, 0.25) is 0 Å². The maximum atomic E-state index is 12.9. The summed E-state index contributed by atoms with van der Waals surface area (Å²) in [7, 11) is 1.13. The van der Waals surface area contributed by atoms with Crippen LogP contribution >= 0.6 is 7.82 Å². The molecule has 0 aromatic heterocycles. The molecular formula is C82H136NO8P. The van der Waals surface area contributed by atoms with Gasteiger partial charge in [-0.3, -0.25) is 14.2 Å². The second kappa shape index (κ2) is 70.7. The highest BCUT2D eigenvalue weighted by Crippen LogP contribution is 2.38. The fourth-order valence-electron chi connectivity index (χ4n) is 9.61. The van der Waals surface area contributed by atoms with Gasteiger partial charge in [0, 0.05) is 12.8 Å². The van der Waals surface area contributed by atoms with Crippen molar-refractivity contribution < 1.29 is 42.1 Å². The molecule has 0 radical (unpaired) electrons. The highest BCUT2D eigenvalue weighted by Gasteiger charge is 2.22. The Morgan fingerprint density at radius 2 is 0.620 bits per heavy atom. The number of hydrogen-bond donors (Lipinski definition) is 0. The molecule has 2 atom stereocenters. The number of phosphoric ester groups is 1. The van der Waals surface area contributed by atoms with E-state index in [0.717, 1.165) is 128 Å². The Hall–Kier alpha value is -4.63. The van der Waals surface area contributed by atoms with Crippen LogP contribution < -0.4 is 4.89 Å². The second-order valence-electron chi connectivity index (χ2n) is 25.2. The van der Waals surface area contributed by atoms with Crippen molar-refractivity contribution in [1.29, 1.82) is 0 Å². The van der Waals surface area contributed by atoms with E-state index < -0.39 is 32.5 Å². The second-order valence-corrected chi connectivity index (χ2v) is 26.6. The number of esters is 2. The number of allylic oxidation sites excluding steroid dienone is 28. The van der Waals surface area contributed by atoms with Gasteiger partial charge in [-0.25, -0.2) is 0 Å². The first-order chi connectivity index (χ1) is 45.0. The zero-order chi connectivity index (χ0) is 66.9. The number of unbranched alkanes of at least 4 members (excludes halogenated alkanes) is 24. The van der Waals surface area contributed by atoms with Crippen LogP contribution in [0.3, 0.4) is 0 Å². The molecule has 0 aromatic rings. The van der Waals surface area contributed by atoms with Crippen LogP contribution in [0.5, 0.6) is 0 Å². The third kappa shape index (κ3) is 74.4. The minimum absolute atomic E-state index is 0.0441. The smallest absolute Gasteiger partial charge is 0.306 e. The van der Waals surface area contributed by atoms with Crippen molar-refractivity contribution in [1.82, 2.24) is 0 Å². The third-order valence-corrected chi connectivity index (χ3v) is 16.2. The number of carbonyl (C=O) groups excluding carboxylic acids is 2. The average molecular weight is 1290 g/mol. The van der Waals surface area contributed by atoms with Gasteiger partial charge in [0.1, 0.15) is 19.8 Å². The van der Waals surface area contributed by atoms with Crippen LogP contribution in [0, 0.1) is 0 Å². The van der Waals surface area contributed by atoms with E-state index >= 15 is 0 Å². The normalized spacial score (nSPS) is 14.1. The Balaban J connectivity index is 4.16. The largest absolute Gasteiger partial charge is 0.756 e. The van der Waals surface area contributed by atoms with Crippen LogP contribution in [0.1, 0.15) is 284 Å². The van der Waals surface area contributed by atoms with Gasteiger partial charge >= 0.3 is 11.9 Å². The lowest BCUT2D eigenvalue weighted by Gasteiger charge is -2.28. The van der Waals surface area contributed by atoms with Crippen LogP contribution in [0.4, 0.5) is 0 Å². The lowest BCUT2D eigenvalue weighted by atomic mass is 10.0. The topological polar surface area (TPSA) is 111 Å². The first-order valence-electron chi connectivity index (χ1n) is 36.8. The number of likely N-dealkylation sites (N-methyl/N-ethyl adjacent to an activating group) is 1. The molecule has 0 fully saturated rings. The number of carbonyl (C=O) groups is 2. The van der Waals surface area contributed by atoms with Crippen LogP contribution in [0.2, 0.25) is 0 Å². The standard InChI is InChI=1S/C82H136NO8P/c1-6-8-10-12-14-16-18-20-22-24-26-28-30-32-34-35-36-37-38-39-40-41-42-43-44-45-46-47-49-51-53-55-57-59-61-63-65-67-69-71-73-75-82(85)91-80(79-90-92(86,87)89-77-76-83(3,4)5)78-88-81(84)74-72-70-68-66-64-62-60-58-56-54-52-50-48-33-31-29-27-25-23-21-19-17-15-13-11-9-7-2/h8,10,14,16,19-22,25-28,32,34,36-37,39-40,42-43,45-46,49,51,55,57,61,63,80H,6-7,9,11-13,15,17-18,23-24,29-31,33,35,38,41,44,47-48,50,52-54,56,58-60,62,64-79H2,1-5H3/b10-8-,16-14-,21-19-,22-20-,27-25-,28-26-,34-32-,37-36-,40-39-,43-42-,46-45-,51-49-,57-55-,63-61-. The minimum Gasteiger partial charge on any atom is -0.756 e. The van der Waals surface area contributed by atoms with Crippen LogP contribution in [0.15, 0.2) is 170 Å². The first-order valence-corrected chi connectivity index (χ1v) is 38.3. The van der Waals surface area contributed by atoms with E-state index in [9.17, 15) is 19.0 Å². The monoisotopic (exact) mass is 1290 g/mol. The number of nitrogens with zero attached hydrogens (tertiary/aromatic N) is 1. The van der Waals surface area contributed by atoms with E-state index in [0.29, 0.717) is 17.4 Å². The van der Waals surface area contributed by atoms with Crippen molar-refractivity contribution in [3.63, 3.8) is 0 Å². The van der Waals surface area contributed by atoms with E-state index in [1.807, 2.05) is 21.1 Å². The number of phosphoric acid groups is 1. The molecule has 0 spiro atoms. The van der Waals surface area contributed by atoms with Crippen molar-refractivity contribution in [3.8, 4) is 0 Å². The summed E-state index contributed by atoms with van der Waals surface area (Å²) in [5.74, 6) is -0.868. The van der Waals surface area contributed by atoms with E-state index in [4.69, 9.17) is 18.5 Å². The molecule has 0 aliphatic rings. The quantitative estimate of drug-likeness (QED) is 0.0195. The fourth-order valence-corrected chi connectivity index (χ4v) is 10.3. The summed E-state index contributed by atoms with van der Waals surface area (Å²) in [6.07, 6.45) is 107. The molecular weight excluding hydrogens is 1160 g/mol. The van der Waals surface area contributed by atoms with E-state index in [1.54, 1.807) is 0 Å². The van der Waals surface area contributed by atoms with Gasteiger partial charge in [-0.05, 0) is 135 Å². The summed E-state index contributed by atoms with van der Waals surface area (Å²) < 4.78 is 34.3. The predicted octanol–water partition coefficient (Wildman–Crippen LogP) is 23.9. The number of quaternary nitrogens is 1. The molecule has 0 saturated heterocycles. The van der Waals surface area contributed by atoms with Gasteiger partial charge in [-0.15, -0.1) is 0 Å². The molecule has 9 nitrogen and oxygen atoms in total.